The minimum Gasteiger partial charge on any atom is -0.497 e. The first-order valence-corrected chi connectivity index (χ1v) is 10.9. The lowest BCUT2D eigenvalue weighted by atomic mass is 10.0. The lowest BCUT2D eigenvalue weighted by Gasteiger charge is -2.14. The molecule has 0 aliphatic rings. The molecule has 2 aromatic carbocycles. The van der Waals surface area contributed by atoms with Gasteiger partial charge in [0.2, 0.25) is 17.8 Å². The predicted octanol–water partition coefficient (Wildman–Crippen LogP) is 5.70. The number of anilines is 5. The van der Waals surface area contributed by atoms with Gasteiger partial charge in [-0.3, -0.25) is 0 Å². The second kappa shape index (κ2) is 10.6. The van der Waals surface area contributed by atoms with Crippen LogP contribution in [0.5, 0.6) is 11.5 Å². The highest BCUT2D eigenvalue weighted by Crippen LogP contribution is 2.31. The monoisotopic (exact) mass is 460 g/mol. The van der Waals surface area contributed by atoms with Crippen molar-refractivity contribution in [2.24, 2.45) is 0 Å². The van der Waals surface area contributed by atoms with Crippen molar-refractivity contribution < 1.29 is 13.9 Å². The Bertz CT molecular complexity index is 1210. The molecule has 9 nitrogen and oxygen atoms in total. The molecule has 0 amide bonds. The number of aromatic nitrogens is 3. The van der Waals surface area contributed by atoms with Crippen molar-refractivity contribution in [3.63, 3.8) is 0 Å². The van der Waals surface area contributed by atoms with Gasteiger partial charge < -0.3 is 29.8 Å². The standard InChI is InChI=1S/C25H28N6O3/c1-16(2)17-7-9-18(10-8-17)27-24-29-23(26-15-20-6-5-13-34-20)30-25(31-24)28-21-12-11-19(32-3)14-22(21)33-4/h5-14,16H,15H2,1-4H3,(H3,26,27,28,29,30,31). The van der Waals surface area contributed by atoms with Gasteiger partial charge in [0.15, 0.2) is 0 Å². The van der Waals surface area contributed by atoms with E-state index < -0.39 is 0 Å². The highest BCUT2D eigenvalue weighted by atomic mass is 16.5. The Morgan fingerprint density at radius 2 is 1.59 bits per heavy atom. The summed E-state index contributed by atoms with van der Waals surface area (Å²) in [5.41, 5.74) is 2.83. The number of benzene rings is 2. The van der Waals surface area contributed by atoms with Crippen molar-refractivity contribution in [3.8, 4) is 11.5 Å². The number of methoxy groups -OCH3 is 2. The summed E-state index contributed by atoms with van der Waals surface area (Å²) in [4.78, 5) is 13.6. The minimum absolute atomic E-state index is 0.349. The fourth-order valence-electron chi connectivity index (χ4n) is 3.25. The number of ether oxygens (including phenoxy) is 2. The van der Waals surface area contributed by atoms with E-state index in [1.165, 1.54) is 5.56 Å². The van der Waals surface area contributed by atoms with Crippen LogP contribution in [0, 0.1) is 0 Å². The van der Waals surface area contributed by atoms with Crippen LogP contribution in [0.1, 0.15) is 31.1 Å². The number of hydrogen-bond donors (Lipinski definition) is 3. The first kappa shape index (κ1) is 22.9. The van der Waals surface area contributed by atoms with Crippen LogP contribution in [0.25, 0.3) is 0 Å². The molecule has 0 bridgehead atoms. The van der Waals surface area contributed by atoms with Crippen LogP contribution in [0.3, 0.4) is 0 Å². The molecule has 4 aromatic rings. The molecule has 0 fully saturated rings. The zero-order valence-corrected chi connectivity index (χ0v) is 19.6. The largest absolute Gasteiger partial charge is 0.497 e. The average Bonchev–Trinajstić information content (AvgIpc) is 3.37. The van der Waals surface area contributed by atoms with Gasteiger partial charge in [0.1, 0.15) is 17.3 Å². The van der Waals surface area contributed by atoms with Gasteiger partial charge >= 0.3 is 0 Å². The molecule has 0 unspecified atom stereocenters. The van der Waals surface area contributed by atoms with Crippen molar-refractivity contribution >= 4 is 29.2 Å². The fraction of sp³-hybridized carbons (Fsp3) is 0.240. The molecule has 0 atom stereocenters. The van der Waals surface area contributed by atoms with Crippen LogP contribution >= 0.6 is 0 Å². The average molecular weight is 461 g/mol. The molecule has 3 N–H and O–H groups in total. The van der Waals surface area contributed by atoms with Crippen molar-refractivity contribution in [2.45, 2.75) is 26.3 Å². The maximum Gasteiger partial charge on any atom is 0.233 e. The van der Waals surface area contributed by atoms with Gasteiger partial charge in [0.05, 0.1) is 32.7 Å². The Morgan fingerprint density at radius 3 is 2.24 bits per heavy atom. The van der Waals surface area contributed by atoms with Crippen LogP contribution in [0.2, 0.25) is 0 Å². The molecule has 34 heavy (non-hydrogen) atoms. The lowest BCUT2D eigenvalue weighted by Crippen LogP contribution is -2.09. The summed E-state index contributed by atoms with van der Waals surface area (Å²) in [5.74, 6) is 3.65. The smallest absolute Gasteiger partial charge is 0.233 e. The van der Waals surface area contributed by atoms with Crippen molar-refractivity contribution in [3.05, 3.63) is 72.2 Å². The second-order valence-electron chi connectivity index (χ2n) is 7.83. The molecule has 176 valence electrons. The normalized spacial score (nSPS) is 10.7. The minimum atomic E-state index is 0.349. The molecule has 9 heteroatoms. The summed E-state index contributed by atoms with van der Waals surface area (Å²) in [6.07, 6.45) is 1.63. The quantitative estimate of drug-likeness (QED) is 0.274. The topological polar surface area (TPSA) is 106 Å². The van der Waals surface area contributed by atoms with E-state index in [0.29, 0.717) is 47.5 Å². The van der Waals surface area contributed by atoms with Gasteiger partial charge in [0, 0.05) is 11.8 Å². The van der Waals surface area contributed by atoms with Crippen LogP contribution in [0.4, 0.5) is 29.2 Å². The van der Waals surface area contributed by atoms with E-state index in [-0.39, 0.29) is 0 Å². The first-order chi connectivity index (χ1) is 16.5. The van der Waals surface area contributed by atoms with E-state index in [1.54, 1.807) is 26.5 Å². The maximum atomic E-state index is 5.49. The number of rotatable bonds is 10. The molecule has 2 heterocycles. The van der Waals surface area contributed by atoms with Gasteiger partial charge in [-0.05, 0) is 47.9 Å². The Labute approximate surface area is 198 Å². The van der Waals surface area contributed by atoms with Gasteiger partial charge in [-0.15, -0.1) is 0 Å². The third kappa shape index (κ3) is 5.74. The van der Waals surface area contributed by atoms with Gasteiger partial charge in [-0.25, -0.2) is 0 Å². The molecule has 4 rings (SSSR count). The molecule has 0 aliphatic carbocycles. The number of nitrogens with zero attached hydrogens (tertiary/aromatic N) is 3. The summed E-state index contributed by atoms with van der Waals surface area (Å²) in [5, 5.41) is 9.66. The summed E-state index contributed by atoms with van der Waals surface area (Å²) in [7, 11) is 3.20. The molecular weight excluding hydrogens is 432 g/mol. The zero-order chi connectivity index (χ0) is 23.9. The Balaban J connectivity index is 1.61. The molecule has 0 aliphatic heterocycles. The number of furan rings is 1. The fourth-order valence-corrected chi connectivity index (χ4v) is 3.25. The Kier molecular flexibility index (Phi) is 7.12. The summed E-state index contributed by atoms with van der Waals surface area (Å²) in [6, 6.07) is 17.4. The molecule has 0 saturated carbocycles. The van der Waals surface area contributed by atoms with Gasteiger partial charge in [0.25, 0.3) is 0 Å². The highest BCUT2D eigenvalue weighted by molar-refractivity contribution is 5.66. The highest BCUT2D eigenvalue weighted by Gasteiger charge is 2.12. The third-order valence-corrected chi connectivity index (χ3v) is 5.12. The zero-order valence-electron chi connectivity index (χ0n) is 19.6. The van der Waals surface area contributed by atoms with E-state index >= 15 is 0 Å². The Hall–Kier alpha value is -4.27. The molecule has 2 aromatic heterocycles. The number of nitrogens with one attached hydrogen (secondary N) is 3. The van der Waals surface area contributed by atoms with Crippen LogP contribution in [-0.2, 0) is 6.54 Å². The van der Waals surface area contributed by atoms with Crippen LogP contribution in [0.15, 0.2) is 65.3 Å². The van der Waals surface area contributed by atoms with E-state index in [4.69, 9.17) is 13.9 Å². The van der Waals surface area contributed by atoms with Crippen molar-refractivity contribution in [2.75, 3.05) is 30.2 Å². The summed E-state index contributed by atoms with van der Waals surface area (Å²) in [6.45, 7) is 4.76. The molecular formula is C25H28N6O3. The van der Waals surface area contributed by atoms with E-state index in [1.807, 2.05) is 36.4 Å². The van der Waals surface area contributed by atoms with Crippen molar-refractivity contribution in [1.29, 1.82) is 0 Å². The summed E-state index contributed by atoms with van der Waals surface area (Å²) < 4.78 is 16.2. The van der Waals surface area contributed by atoms with Gasteiger partial charge in [-0.1, -0.05) is 26.0 Å². The van der Waals surface area contributed by atoms with E-state index in [9.17, 15) is 0 Å². The first-order valence-electron chi connectivity index (χ1n) is 10.9. The van der Waals surface area contributed by atoms with E-state index in [2.05, 4.69) is 56.9 Å². The SMILES string of the molecule is COc1ccc(Nc2nc(NCc3ccco3)nc(Nc3ccc(C(C)C)cc3)n2)c(OC)c1. The van der Waals surface area contributed by atoms with Crippen molar-refractivity contribution in [1.82, 2.24) is 15.0 Å². The van der Waals surface area contributed by atoms with E-state index in [0.717, 1.165) is 11.4 Å². The second-order valence-corrected chi connectivity index (χ2v) is 7.83. The number of hydrogen-bond acceptors (Lipinski definition) is 9. The molecule has 0 saturated heterocycles. The Morgan fingerprint density at radius 1 is 0.853 bits per heavy atom. The maximum absolute atomic E-state index is 5.49. The van der Waals surface area contributed by atoms with Gasteiger partial charge in [-0.2, -0.15) is 15.0 Å². The third-order valence-electron chi connectivity index (χ3n) is 5.12. The molecule has 0 radical (unpaired) electrons. The lowest BCUT2D eigenvalue weighted by molar-refractivity contribution is 0.395. The van der Waals surface area contributed by atoms with Crippen LogP contribution < -0.4 is 25.4 Å². The predicted molar refractivity (Wildman–Crippen MR) is 133 cm³/mol. The molecule has 0 spiro atoms. The summed E-state index contributed by atoms with van der Waals surface area (Å²) >= 11 is 0. The van der Waals surface area contributed by atoms with Crippen LogP contribution in [-0.4, -0.2) is 29.2 Å².